The van der Waals surface area contributed by atoms with Crippen LogP contribution in [0, 0.1) is 6.92 Å². The average Bonchev–Trinajstić information content (AvgIpc) is 2.07. The number of rotatable bonds is 0. The van der Waals surface area contributed by atoms with Gasteiger partial charge in [0.25, 0.3) is 0 Å². The molecule has 0 aliphatic rings. The first-order valence-electron chi connectivity index (χ1n) is 4.93. The van der Waals surface area contributed by atoms with Crippen molar-refractivity contribution < 1.29 is 0 Å². The van der Waals surface area contributed by atoms with Crippen LogP contribution in [-0.4, -0.2) is 4.98 Å². The highest BCUT2D eigenvalue weighted by atomic mass is 14.7. The Labute approximate surface area is 82.2 Å². The zero-order valence-corrected chi connectivity index (χ0v) is 9.68. The highest BCUT2D eigenvalue weighted by Gasteiger charge is 2.12. The maximum absolute atomic E-state index is 4.25. The quantitative estimate of drug-likeness (QED) is 0.591. The molecule has 0 spiro atoms. The van der Waals surface area contributed by atoms with E-state index in [4.69, 9.17) is 0 Å². The summed E-state index contributed by atoms with van der Waals surface area (Å²) in [5, 5.41) is 0. The molecule has 1 rings (SSSR count). The summed E-state index contributed by atoms with van der Waals surface area (Å²) in [5.74, 6) is 0. The Morgan fingerprint density at radius 2 is 1.62 bits per heavy atom. The molecule has 0 aromatic carbocycles. The van der Waals surface area contributed by atoms with Gasteiger partial charge in [-0.15, -0.1) is 0 Å². The van der Waals surface area contributed by atoms with Gasteiger partial charge in [-0.2, -0.15) is 0 Å². The van der Waals surface area contributed by atoms with Crippen LogP contribution in [0.3, 0.4) is 0 Å². The minimum atomic E-state index is 0.223. The highest BCUT2D eigenvalue weighted by Crippen LogP contribution is 2.20. The summed E-state index contributed by atoms with van der Waals surface area (Å²) in [6.45, 7) is 12.6. The maximum Gasteiger partial charge on any atom is 0.0372 e. The fraction of sp³-hybridized carbons (Fsp3) is 0.583. The third-order valence-corrected chi connectivity index (χ3v) is 1.78. The maximum atomic E-state index is 4.25. The molecule has 0 saturated heterocycles. The summed E-state index contributed by atoms with van der Waals surface area (Å²) in [4.78, 5) is 4.25. The van der Waals surface area contributed by atoms with Crippen molar-refractivity contribution in [3.63, 3.8) is 0 Å². The van der Waals surface area contributed by atoms with Gasteiger partial charge in [-0.1, -0.05) is 40.7 Å². The molecular weight excluding hydrogens is 158 g/mol. The molecule has 0 radical (unpaired) electrons. The topological polar surface area (TPSA) is 12.9 Å². The molecular formula is C12H21N. The smallest absolute Gasteiger partial charge is 0.0372 e. The molecule has 1 aromatic rings. The third kappa shape index (κ3) is 4.07. The van der Waals surface area contributed by atoms with E-state index in [2.05, 4.69) is 37.9 Å². The van der Waals surface area contributed by atoms with Gasteiger partial charge in [-0.05, 0) is 24.0 Å². The van der Waals surface area contributed by atoms with Crippen molar-refractivity contribution in [2.24, 2.45) is 0 Å². The molecule has 0 aliphatic carbocycles. The number of aromatic nitrogens is 1. The zero-order valence-electron chi connectivity index (χ0n) is 9.68. The third-order valence-electron chi connectivity index (χ3n) is 1.78. The van der Waals surface area contributed by atoms with Crippen LogP contribution in [0.15, 0.2) is 18.3 Å². The molecule has 0 bridgehead atoms. The fourth-order valence-corrected chi connectivity index (χ4v) is 0.911. The molecule has 1 heterocycles. The molecule has 0 aliphatic heterocycles. The number of aryl methyl sites for hydroxylation is 1. The SMILES string of the molecule is CC.Cc1ccc(C(C)(C)C)cn1. The molecule has 0 N–H and O–H groups in total. The zero-order chi connectivity index (χ0) is 10.5. The van der Waals surface area contributed by atoms with E-state index in [1.165, 1.54) is 5.56 Å². The molecule has 1 heteroatoms. The van der Waals surface area contributed by atoms with Crippen LogP contribution in [0.5, 0.6) is 0 Å². The Morgan fingerprint density at radius 1 is 1.08 bits per heavy atom. The second-order valence-electron chi connectivity index (χ2n) is 3.94. The summed E-state index contributed by atoms with van der Waals surface area (Å²) in [7, 11) is 0. The van der Waals surface area contributed by atoms with Crippen LogP contribution in [0.4, 0.5) is 0 Å². The van der Waals surface area contributed by atoms with Crippen molar-refractivity contribution in [3.8, 4) is 0 Å². The van der Waals surface area contributed by atoms with E-state index in [0.29, 0.717) is 0 Å². The van der Waals surface area contributed by atoms with Crippen molar-refractivity contribution in [2.45, 2.75) is 47.0 Å². The molecule has 0 amide bonds. The molecule has 0 fully saturated rings. The van der Waals surface area contributed by atoms with E-state index in [9.17, 15) is 0 Å². The molecule has 1 nitrogen and oxygen atoms in total. The number of hydrogen-bond acceptors (Lipinski definition) is 1. The van der Waals surface area contributed by atoms with Crippen molar-refractivity contribution >= 4 is 0 Å². The number of nitrogens with zero attached hydrogens (tertiary/aromatic N) is 1. The van der Waals surface area contributed by atoms with E-state index >= 15 is 0 Å². The summed E-state index contributed by atoms with van der Waals surface area (Å²) < 4.78 is 0. The van der Waals surface area contributed by atoms with Gasteiger partial charge in [0, 0.05) is 11.9 Å². The molecule has 1 aromatic heterocycles. The highest BCUT2D eigenvalue weighted by molar-refractivity contribution is 5.20. The lowest BCUT2D eigenvalue weighted by Crippen LogP contribution is -2.11. The summed E-state index contributed by atoms with van der Waals surface area (Å²) in [5.41, 5.74) is 2.60. The number of pyridine rings is 1. The van der Waals surface area contributed by atoms with Crippen LogP contribution in [0.2, 0.25) is 0 Å². The molecule has 74 valence electrons. The Morgan fingerprint density at radius 3 is 1.92 bits per heavy atom. The normalized spacial score (nSPS) is 10.3. The van der Waals surface area contributed by atoms with Gasteiger partial charge < -0.3 is 0 Å². The van der Waals surface area contributed by atoms with Crippen molar-refractivity contribution in [1.29, 1.82) is 0 Å². The van der Waals surface area contributed by atoms with Gasteiger partial charge in [0.05, 0.1) is 0 Å². The standard InChI is InChI=1S/C10H15N.C2H6/c1-8-5-6-9(7-11-8)10(2,3)4;1-2/h5-7H,1-4H3;1-2H3. The summed E-state index contributed by atoms with van der Waals surface area (Å²) in [6, 6.07) is 4.20. The molecule has 0 atom stereocenters. The lowest BCUT2D eigenvalue weighted by Gasteiger charge is -2.17. The van der Waals surface area contributed by atoms with E-state index in [1.54, 1.807) is 0 Å². The predicted molar refractivity (Wildman–Crippen MR) is 59.0 cm³/mol. The van der Waals surface area contributed by atoms with Crippen molar-refractivity contribution in [2.75, 3.05) is 0 Å². The Hall–Kier alpha value is -0.850. The minimum Gasteiger partial charge on any atom is -0.261 e. The van der Waals surface area contributed by atoms with Crippen molar-refractivity contribution in [1.82, 2.24) is 4.98 Å². The average molecular weight is 179 g/mol. The summed E-state index contributed by atoms with van der Waals surface area (Å²) >= 11 is 0. The van der Waals surface area contributed by atoms with E-state index in [1.807, 2.05) is 27.0 Å². The van der Waals surface area contributed by atoms with Gasteiger partial charge in [-0.3, -0.25) is 4.98 Å². The predicted octanol–water partition coefficient (Wildman–Crippen LogP) is 3.71. The second-order valence-corrected chi connectivity index (χ2v) is 3.94. The lowest BCUT2D eigenvalue weighted by atomic mass is 9.88. The first-order valence-corrected chi connectivity index (χ1v) is 4.93. The molecule has 0 unspecified atom stereocenters. The Bertz CT molecular complexity index is 228. The fourth-order valence-electron chi connectivity index (χ4n) is 0.911. The Kier molecular flexibility index (Phi) is 4.68. The number of hydrogen-bond donors (Lipinski definition) is 0. The molecule has 13 heavy (non-hydrogen) atoms. The van der Waals surface area contributed by atoms with Gasteiger partial charge >= 0.3 is 0 Å². The van der Waals surface area contributed by atoms with Crippen molar-refractivity contribution in [3.05, 3.63) is 29.6 Å². The van der Waals surface area contributed by atoms with Gasteiger partial charge in [0.1, 0.15) is 0 Å². The van der Waals surface area contributed by atoms with Crippen LogP contribution >= 0.6 is 0 Å². The van der Waals surface area contributed by atoms with Crippen LogP contribution in [-0.2, 0) is 5.41 Å². The van der Waals surface area contributed by atoms with Crippen LogP contribution < -0.4 is 0 Å². The van der Waals surface area contributed by atoms with E-state index in [-0.39, 0.29) is 5.41 Å². The first kappa shape index (κ1) is 12.2. The van der Waals surface area contributed by atoms with Gasteiger partial charge in [0.15, 0.2) is 0 Å². The van der Waals surface area contributed by atoms with Gasteiger partial charge in [-0.25, -0.2) is 0 Å². The van der Waals surface area contributed by atoms with Crippen LogP contribution in [0.1, 0.15) is 45.9 Å². The summed E-state index contributed by atoms with van der Waals surface area (Å²) in [6.07, 6.45) is 1.95. The van der Waals surface area contributed by atoms with E-state index < -0.39 is 0 Å². The monoisotopic (exact) mass is 179 g/mol. The molecule has 0 saturated carbocycles. The van der Waals surface area contributed by atoms with E-state index in [0.717, 1.165) is 5.69 Å². The van der Waals surface area contributed by atoms with Crippen LogP contribution in [0.25, 0.3) is 0 Å². The van der Waals surface area contributed by atoms with Gasteiger partial charge in [0.2, 0.25) is 0 Å². The minimum absolute atomic E-state index is 0.223. The Balaban J connectivity index is 0.000000671. The second kappa shape index (κ2) is 5.00. The lowest BCUT2D eigenvalue weighted by molar-refractivity contribution is 0.587. The largest absolute Gasteiger partial charge is 0.261 e. The first-order chi connectivity index (χ1) is 6.00.